The van der Waals surface area contributed by atoms with Crippen molar-refractivity contribution in [1.82, 2.24) is 10.6 Å². The summed E-state index contributed by atoms with van der Waals surface area (Å²) in [4.78, 5) is 11.9. The summed E-state index contributed by atoms with van der Waals surface area (Å²) in [5.74, 6) is 0.697. The highest BCUT2D eigenvalue weighted by Crippen LogP contribution is 2.22. The van der Waals surface area contributed by atoms with Gasteiger partial charge in [-0.2, -0.15) is 0 Å². The number of benzene rings is 1. The highest BCUT2D eigenvalue weighted by molar-refractivity contribution is 9.10. The van der Waals surface area contributed by atoms with Gasteiger partial charge in [-0.25, -0.2) is 0 Å². The average Bonchev–Trinajstić information content (AvgIpc) is 2.49. The van der Waals surface area contributed by atoms with E-state index in [0.29, 0.717) is 6.04 Å². The zero-order valence-electron chi connectivity index (χ0n) is 12.5. The molecule has 0 radical (unpaired) electrons. The summed E-state index contributed by atoms with van der Waals surface area (Å²) in [6.45, 7) is 0.836. The van der Waals surface area contributed by atoms with Crippen LogP contribution in [-0.4, -0.2) is 25.6 Å². The Hall–Kier alpha value is -1.07. The van der Waals surface area contributed by atoms with Crippen LogP contribution in [0.5, 0.6) is 5.75 Å². The summed E-state index contributed by atoms with van der Waals surface area (Å²) in [7, 11) is 1.90. The molecule has 2 N–H and O–H groups in total. The van der Waals surface area contributed by atoms with Gasteiger partial charge in [0.15, 0.2) is 6.61 Å². The van der Waals surface area contributed by atoms with Crippen LogP contribution in [0.3, 0.4) is 0 Å². The molecule has 2 rings (SSSR count). The minimum Gasteiger partial charge on any atom is -0.484 e. The van der Waals surface area contributed by atoms with Crippen molar-refractivity contribution >= 4 is 21.8 Å². The summed E-state index contributed by atoms with van der Waals surface area (Å²) in [5, 5.41) is 6.16. The van der Waals surface area contributed by atoms with E-state index in [4.69, 9.17) is 4.74 Å². The number of carbonyl (C=O) groups excluding carboxylic acids is 1. The number of amides is 1. The normalized spacial score (nSPS) is 15.7. The summed E-state index contributed by atoms with van der Waals surface area (Å²) >= 11 is 3.50. The Morgan fingerprint density at radius 1 is 1.33 bits per heavy atom. The zero-order chi connectivity index (χ0) is 15.1. The second kappa shape index (κ2) is 8.39. The fraction of sp³-hybridized carbons (Fsp3) is 0.562. The van der Waals surface area contributed by atoms with Crippen LogP contribution < -0.4 is 15.4 Å². The first-order valence-corrected chi connectivity index (χ1v) is 8.33. The van der Waals surface area contributed by atoms with Gasteiger partial charge in [-0.05, 0) is 43.7 Å². The molecule has 0 atom stereocenters. The Bertz CT molecular complexity index is 473. The van der Waals surface area contributed by atoms with Gasteiger partial charge in [-0.15, -0.1) is 0 Å². The van der Waals surface area contributed by atoms with Crippen molar-refractivity contribution in [2.24, 2.45) is 0 Å². The lowest BCUT2D eigenvalue weighted by atomic mass is 9.95. The Labute approximate surface area is 134 Å². The van der Waals surface area contributed by atoms with Crippen LogP contribution in [0.1, 0.15) is 37.7 Å². The molecule has 1 fully saturated rings. The number of halogens is 1. The predicted molar refractivity (Wildman–Crippen MR) is 87.4 cm³/mol. The van der Waals surface area contributed by atoms with Crippen LogP contribution in [0.25, 0.3) is 0 Å². The van der Waals surface area contributed by atoms with Crippen LogP contribution in [0.2, 0.25) is 0 Å². The fourth-order valence-electron chi connectivity index (χ4n) is 2.63. The van der Waals surface area contributed by atoms with E-state index < -0.39 is 0 Å². The van der Waals surface area contributed by atoms with Gasteiger partial charge >= 0.3 is 0 Å². The van der Waals surface area contributed by atoms with E-state index in [9.17, 15) is 4.79 Å². The van der Waals surface area contributed by atoms with Gasteiger partial charge in [0.05, 0.1) is 0 Å². The molecular weight excluding hydrogens is 332 g/mol. The SMILES string of the molecule is CNCc1cc(OCC(=O)NC2CCCCC2)ccc1Br. The molecule has 5 heteroatoms. The van der Waals surface area contributed by atoms with Crippen molar-refractivity contribution in [3.8, 4) is 5.75 Å². The first kappa shape index (κ1) is 16.3. The number of hydrogen-bond donors (Lipinski definition) is 2. The van der Waals surface area contributed by atoms with Crippen molar-refractivity contribution in [2.45, 2.75) is 44.7 Å². The number of ether oxygens (including phenoxy) is 1. The average molecular weight is 355 g/mol. The molecule has 1 aliphatic carbocycles. The molecule has 0 heterocycles. The van der Waals surface area contributed by atoms with Gasteiger partial charge in [0.25, 0.3) is 5.91 Å². The van der Waals surface area contributed by atoms with E-state index in [1.807, 2.05) is 25.2 Å². The van der Waals surface area contributed by atoms with Crippen molar-refractivity contribution in [3.05, 3.63) is 28.2 Å². The number of nitrogens with one attached hydrogen (secondary N) is 2. The maximum absolute atomic E-state index is 11.9. The molecule has 0 aliphatic heterocycles. The molecule has 1 aromatic rings. The summed E-state index contributed by atoms with van der Waals surface area (Å²) in [6.07, 6.45) is 5.90. The van der Waals surface area contributed by atoms with Crippen LogP contribution in [0.15, 0.2) is 22.7 Å². The monoisotopic (exact) mass is 354 g/mol. The maximum atomic E-state index is 11.9. The lowest BCUT2D eigenvalue weighted by Gasteiger charge is -2.22. The van der Waals surface area contributed by atoms with Crippen LogP contribution in [-0.2, 0) is 11.3 Å². The second-order valence-corrected chi connectivity index (χ2v) is 6.33. The van der Waals surface area contributed by atoms with Gasteiger partial charge in [-0.3, -0.25) is 4.79 Å². The van der Waals surface area contributed by atoms with Gasteiger partial charge in [0.1, 0.15) is 5.75 Å². The molecule has 21 heavy (non-hydrogen) atoms. The summed E-state index contributed by atoms with van der Waals surface area (Å²) in [5.41, 5.74) is 1.11. The van der Waals surface area contributed by atoms with E-state index in [1.165, 1.54) is 19.3 Å². The van der Waals surface area contributed by atoms with Crippen molar-refractivity contribution < 1.29 is 9.53 Å². The molecule has 0 spiro atoms. The third kappa shape index (κ3) is 5.32. The predicted octanol–water partition coefficient (Wildman–Crippen LogP) is 3.00. The molecule has 1 aromatic carbocycles. The second-order valence-electron chi connectivity index (χ2n) is 5.47. The molecule has 4 nitrogen and oxygen atoms in total. The van der Waals surface area contributed by atoms with E-state index in [-0.39, 0.29) is 12.5 Å². The van der Waals surface area contributed by atoms with Crippen LogP contribution in [0.4, 0.5) is 0 Å². The molecule has 0 aromatic heterocycles. The number of rotatable bonds is 6. The summed E-state index contributed by atoms with van der Waals surface area (Å²) in [6, 6.07) is 6.10. The summed E-state index contributed by atoms with van der Waals surface area (Å²) < 4.78 is 6.63. The van der Waals surface area contributed by atoms with Crippen LogP contribution >= 0.6 is 15.9 Å². The minimum atomic E-state index is -0.0278. The van der Waals surface area contributed by atoms with Gasteiger partial charge in [0.2, 0.25) is 0 Å². The van der Waals surface area contributed by atoms with Crippen molar-refractivity contribution in [2.75, 3.05) is 13.7 Å². The lowest BCUT2D eigenvalue weighted by molar-refractivity contribution is -0.124. The first-order chi connectivity index (χ1) is 10.2. The molecule has 1 amide bonds. The highest BCUT2D eigenvalue weighted by Gasteiger charge is 2.15. The van der Waals surface area contributed by atoms with E-state index in [1.54, 1.807) is 0 Å². The molecule has 1 aliphatic rings. The molecule has 1 saturated carbocycles. The fourth-order valence-corrected chi connectivity index (χ4v) is 3.02. The zero-order valence-corrected chi connectivity index (χ0v) is 14.0. The Balaban J connectivity index is 1.81. The maximum Gasteiger partial charge on any atom is 0.258 e. The van der Waals surface area contributed by atoms with E-state index >= 15 is 0 Å². The smallest absolute Gasteiger partial charge is 0.258 e. The van der Waals surface area contributed by atoms with Crippen LogP contribution in [0, 0.1) is 0 Å². The molecule has 0 bridgehead atoms. The molecular formula is C16H23BrN2O2. The third-order valence-corrected chi connectivity index (χ3v) is 4.50. The number of hydrogen-bond acceptors (Lipinski definition) is 3. The van der Waals surface area contributed by atoms with Gasteiger partial charge in [0, 0.05) is 17.1 Å². The van der Waals surface area contributed by atoms with E-state index in [0.717, 1.165) is 35.2 Å². The van der Waals surface area contributed by atoms with Gasteiger partial charge in [-0.1, -0.05) is 35.2 Å². The van der Waals surface area contributed by atoms with Crippen molar-refractivity contribution in [3.63, 3.8) is 0 Å². The van der Waals surface area contributed by atoms with Crippen molar-refractivity contribution in [1.29, 1.82) is 0 Å². The quantitative estimate of drug-likeness (QED) is 0.825. The highest BCUT2D eigenvalue weighted by atomic mass is 79.9. The molecule has 0 saturated heterocycles. The Morgan fingerprint density at radius 3 is 2.81 bits per heavy atom. The van der Waals surface area contributed by atoms with Gasteiger partial charge < -0.3 is 15.4 Å². The standard InChI is InChI=1S/C16H23BrN2O2/c1-18-10-12-9-14(7-8-15(12)17)21-11-16(20)19-13-5-3-2-4-6-13/h7-9,13,18H,2-6,10-11H2,1H3,(H,19,20). The first-order valence-electron chi connectivity index (χ1n) is 7.54. The van der Waals surface area contributed by atoms with E-state index in [2.05, 4.69) is 26.6 Å². The Kier molecular flexibility index (Phi) is 6.51. The lowest BCUT2D eigenvalue weighted by Crippen LogP contribution is -2.38. The molecule has 0 unspecified atom stereocenters. The minimum absolute atomic E-state index is 0.0278. The largest absolute Gasteiger partial charge is 0.484 e. The topological polar surface area (TPSA) is 50.4 Å². The molecule has 116 valence electrons. The third-order valence-electron chi connectivity index (χ3n) is 3.72. The Morgan fingerprint density at radius 2 is 2.10 bits per heavy atom. The number of carbonyl (C=O) groups is 1.